The fourth-order valence-electron chi connectivity index (χ4n) is 1.71. The number of nitrogens with zero attached hydrogens (tertiary/aromatic N) is 2. The Balaban J connectivity index is 1.80. The molecule has 0 aliphatic heterocycles. The molecule has 0 aliphatic carbocycles. The van der Waals surface area contributed by atoms with Gasteiger partial charge in [-0.2, -0.15) is 10.4 Å². The number of hydrogen-bond acceptors (Lipinski definition) is 5. The van der Waals surface area contributed by atoms with Crippen molar-refractivity contribution in [2.24, 2.45) is 5.10 Å². The minimum atomic E-state index is -0.258. The predicted molar refractivity (Wildman–Crippen MR) is 100 cm³/mol. The lowest BCUT2D eigenvalue weighted by atomic mass is 10.2. The molecule has 0 saturated heterocycles. The fourth-order valence-corrected chi connectivity index (χ4v) is 2.99. The Hall–Kier alpha value is -2.20. The summed E-state index contributed by atoms with van der Waals surface area (Å²) in [4.78, 5) is 12.5. The van der Waals surface area contributed by atoms with Gasteiger partial charge in [0.1, 0.15) is 11.8 Å². The van der Waals surface area contributed by atoms with Gasteiger partial charge in [0, 0.05) is 9.92 Å². The van der Waals surface area contributed by atoms with E-state index in [1.54, 1.807) is 42.5 Å². The second-order valence-corrected chi connectivity index (χ2v) is 6.53. The van der Waals surface area contributed by atoms with Crippen molar-refractivity contribution in [3.05, 3.63) is 58.1 Å². The molecule has 0 saturated carbocycles. The van der Waals surface area contributed by atoms with Crippen molar-refractivity contribution >= 4 is 47.1 Å². The standard InChI is InChI=1S/C17H13Cl2N3O2S/c18-13-3-6-15(19)16(9-13)25-11-17(23)22-21-10-12-1-4-14(5-2-12)24-8-7-20/h1-6,9-10H,8,11H2,(H,22,23)/b21-10-. The molecule has 5 nitrogen and oxygen atoms in total. The molecule has 0 bridgehead atoms. The highest BCUT2D eigenvalue weighted by Crippen LogP contribution is 2.29. The number of rotatable bonds is 7. The van der Waals surface area contributed by atoms with E-state index in [1.807, 2.05) is 6.07 Å². The quantitative estimate of drug-likeness (QED) is 0.435. The summed E-state index contributed by atoms with van der Waals surface area (Å²) in [5.41, 5.74) is 3.23. The topological polar surface area (TPSA) is 74.5 Å². The third-order valence-corrected chi connectivity index (χ3v) is 4.57. The molecular formula is C17H13Cl2N3O2S. The highest BCUT2D eigenvalue weighted by atomic mass is 35.5. The van der Waals surface area contributed by atoms with E-state index in [4.69, 9.17) is 33.2 Å². The van der Waals surface area contributed by atoms with E-state index in [2.05, 4.69) is 10.5 Å². The molecule has 0 atom stereocenters. The van der Waals surface area contributed by atoms with Crippen LogP contribution < -0.4 is 10.2 Å². The Bertz CT molecular complexity index is 805. The Labute approximate surface area is 159 Å². The highest BCUT2D eigenvalue weighted by Gasteiger charge is 2.06. The summed E-state index contributed by atoms with van der Waals surface area (Å²) < 4.78 is 5.15. The maximum Gasteiger partial charge on any atom is 0.250 e. The molecule has 0 unspecified atom stereocenters. The number of amides is 1. The molecule has 1 N–H and O–H groups in total. The zero-order valence-corrected chi connectivity index (χ0v) is 15.2. The van der Waals surface area contributed by atoms with E-state index >= 15 is 0 Å². The molecule has 2 aromatic rings. The monoisotopic (exact) mass is 393 g/mol. The van der Waals surface area contributed by atoms with Crippen LogP contribution in [0.25, 0.3) is 0 Å². The van der Waals surface area contributed by atoms with Gasteiger partial charge in [-0.05, 0) is 48.0 Å². The minimum Gasteiger partial charge on any atom is -0.479 e. The van der Waals surface area contributed by atoms with E-state index in [0.717, 1.165) is 10.5 Å². The van der Waals surface area contributed by atoms with Crippen LogP contribution in [-0.2, 0) is 4.79 Å². The van der Waals surface area contributed by atoms with Crippen LogP contribution >= 0.6 is 35.0 Å². The molecular weight excluding hydrogens is 381 g/mol. The molecule has 2 rings (SSSR count). The predicted octanol–water partition coefficient (Wildman–Crippen LogP) is 4.14. The van der Waals surface area contributed by atoms with Gasteiger partial charge in [0.25, 0.3) is 0 Å². The van der Waals surface area contributed by atoms with Crippen LogP contribution in [0.2, 0.25) is 10.0 Å². The van der Waals surface area contributed by atoms with E-state index in [0.29, 0.717) is 15.8 Å². The van der Waals surface area contributed by atoms with Crippen molar-refractivity contribution in [2.75, 3.05) is 12.4 Å². The minimum absolute atomic E-state index is 0.00218. The van der Waals surface area contributed by atoms with Crippen molar-refractivity contribution in [3.63, 3.8) is 0 Å². The molecule has 0 spiro atoms. The lowest BCUT2D eigenvalue weighted by molar-refractivity contribution is -0.118. The summed E-state index contributed by atoms with van der Waals surface area (Å²) >= 11 is 13.2. The number of halogens is 2. The molecule has 0 aromatic heterocycles. The highest BCUT2D eigenvalue weighted by molar-refractivity contribution is 8.00. The molecule has 0 heterocycles. The lowest BCUT2D eigenvalue weighted by Crippen LogP contribution is -2.19. The molecule has 8 heteroatoms. The van der Waals surface area contributed by atoms with Crippen LogP contribution in [0.3, 0.4) is 0 Å². The largest absolute Gasteiger partial charge is 0.479 e. The van der Waals surface area contributed by atoms with Gasteiger partial charge in [0.2, 0.25) is 5.91 Å². The first-order valence-corrected chi connectivity index (χ1v) is 8.82. The number of benzene rings is 2. The van der Waals surface area contributed by atoms with Crippen molar-refractivity contribution in [1.82, 2.24) is 5.43 Å². The zero-order valence-electron chi connectivity index (χ0n) is 12.9. The lowest BCUT2D eigenvalue weighted by Gasteiger charge is -2.04. The summed E-state index contributed by atoms with van der Waals surface area (Å²) in [7, 11) is 0. The van der Waals surface area contributed by atoms with Crippen molar-refractivity contribution in [3.8, 4) is 11.8 Å². The second-order valence-electron chi connectivity index (χ2n) is 4.67. The van der Waals surface area contributed by atoms with Crippen molar-refractivity contribution in [1.29, 1.82) is 5.26 Å². The molecule has 25 heavy (non-hydrogen) atoms. The second kappa shape index (κ2) is 9.94. The zero-order chi connectivity index (χ0) is 18.1. The molecule has 0 aliphatic rings. The van der Waals surface area contributed by atoms with Crippen LogP contribution in [0, 0.1) is 11.3 Å². The van der Waals surface area contributed by atoms with Crippen LogP contribution in [0.1, 0.15) is 5.56 Å². The Morgan fingerprint density at radius 1 is 1.28 bits per heavy atom. The molecule has 1 amide bonds. The summed E-state index contributed by atoms with van der Waals surface area (Å²) in [6.45, 7) is -0.00218. The number of nitriles is 1. The summed E-state index contributed by atoms with van der Waals surface area (Å²) in [5.74, 6) is 0.502. The molecule has 0 radical (unpaired) electrons. The van der Waals surface area contributed by atoms with Crippen molar-refractivity contribution in [2.45, 2.75) is 4.90 Å². The van der Waals surface area contributed by atoms with Gasteiger partial charge in [-0.15, -0.1) is 11.8 Å². The van der Waals surface area contributed by atoms with Gasteiger partial charge in [0.05, 0.1) is 17.0 Å². The van der Waals surface area contributed by atoms with Crippen LogP contribution in [0.5, 0.6) is 5.75 Å². The maximum atomic E-state index is 11.8. The number of ether oxygens (including phenoxy) is 1. The third kappa shape index (κ3) is 6.67. The van der Waals surface area contributed by atoms with Crippen LogP contribution in [0.4, 0.5) is 0 Å². The number of hydrazone groups is 1. The van der Waals surface area contributed by atoms with Crippen LogP contribution in [0.15, 0.2) is 52.5 Å². The summed E-state index contributed by atoms with van der Waals surface area (Å²) in [6.07, 6.45) is 1.52. The van der Waals surface area contributed by atoms with Gasteiger partial charge in [-0.3, -0.25) is 4.79 Å². The summed E-state index contributed by atoms with van der Waals surface area (Å²) in [5, 5.41) is 13.4. The normalized spacial score (nSPS) is 10.4. The van der Waals surface area contributed by atoms with Gasteiger partial charge >= 0.3 is 0 Å². The van der Waals surface area contributed by atoms with E-state index in [9.17, 15) is 4.79 Å². The van der Waals surface area contributed by atoms with Gasteiger partial charge < -0.3 is 4.74 Å². The molecule has 128 valence electrons. The maximum absolute atomic E-state index is 11.8. The van der Waals surface area contributed by atoms with E-state index in [-0.39, 0.29) is 18.3 Å². The summed E-state index contributed by atoms with van der Waals surface area (Å²) in [6, 6.07) is 14.0. The van der Waals surface area contributed by atoms with E-state index in [1.165, 1.54) is 18.0 Å². The molecule has 0 fully saturated rings. The van der Waals surface area contributed by atoms with Gasteiger partial charge in [-0.25, -0.2) is 5.43 Å². The van der Waals surface area contributed by atoms with Crippen LogP contribution in [-0.4, -0.2) is 24.5 Å². The fraction of sp³-hybridized carbons (Fsp3) is 0.118. The van der Waals surface area contributed by atoms with E-state index < -0.39 is 0 Å². The number of carbonyl (C=O) groups excluding carboxylic acids is 1. The first kappa shape index (κ1) is 19.1. The molecule has 2 aromatic carbocycles. The average Bonchev–Trinajstić information content (AvgIpc) is 2.62. The number of hydrogen-bond donors (Lipinski definition) is 1. The first-order chi connectivity index (χ1) is 12.1. The Morgan fingerprint density at radius 3 is 2.76 bits per heavy atom. The smallest absolute Gasteiger partial charge is 0.250 e. The number of carbonyl (C=O) groups is 1. The number of thioether (sulfide) groups is 1. The third-order valence-electron chi connectivity index (χ3n) is 2.84. The van der Waals surface area contributed by atoms with Crippen molar-refractivity contribution < 1.29 is 9.53 Å². The average molecular weight is 394 g/mol. The first-order valence-electron chi connectivity index (χ1n) is 7.08. The SMILES string of the molecule is N#CCOc1ccc(/C=N\NC(=O)CSc2cc(Cl)ccc2Cl)cc1. The van der Waals surface area contributed by atoms with Gasteiger partial charge in [-0.1, -0.05) is 23.2 Å². The number of nitrogens with one attached hydrogen (secondary N) is 1. The van der Waals surface area contributed by atoms with Gasteiger partial charge in [0.15, 0.2) is 6.61 Å². The Morgan fingerprint density at radius 2 is 2.04 bits per heavy atom. The Kier molecular flexibility index (Phi) is 7.61.